The van der Waals surface area contributed by atoms with Crippen molar-refractivity contribution in [2.45, 2.75) is 19.4 Å². The highest BCUT2D eigenvalue weighted by Gasteiger charge is 2.31. The minimum atomic E-state index is 0.0844. The zero-order valence-electron chi connectivity index (χ0n) is 10.8. The van der Waals surface area contributed by atoms with Gasteiger partial charge in [-0.1, -0.05) is 42.5 Å². The molecule has 1 heterocycles. The molecule has 2 nitrogen and oxygen atoms in total. The van der Waals surface area contributed by atoms with E-state index in [9.17, 15) is 0 Å². The number of allylic oxidation sites excluding steroid dienone is 1. The van der Waals surface area contributed by atoms with Crippen molar-refractivity contribution < 1.29 is 0 Å². The van der Waals surface area contributed by atoms with Gasteiger partial charge in [0.15, 0.2) is 0 Å². The van der Waals surface area contributed by atoms with Gasteiger partial charge in [-0.15, -0.1) is 0 Å². The Hall–Kier alpha value is -1.12. The van der Waals surface area contributed by atoms with Crippen LogP contribution in [0.5, 0.6) is 0 Å². The lowest BCUT2D eigenvalue weighted by Gasteiger charge is -2.41. The SMILES string of the molecule is C/C=C/CN1CCNC(C)(c2ccccc2)C1. The fourth-order valence-electron chi connectivity index (χ4n) is 2.48. The van der Waals surface area contributed by atoms with Gasteiger partial charge in [0.2, 0.25) is 0 Å². The smallest absolute Gasteiger partial charge is 0.0535 e. The normalized spacial score (nSPS) is 26.5. The molecule has 1 aromatic carbocycles. The molecule has 1 unspecified atom stereocenters. The molecule has 1 aliphatic rings. The first-order valence-electron chi connectivity index (χ1n) is 6.39. The summed E-state index contributed by atoms with van der Waals surface area (Å²) in [6.07, 6.45) is 4.36. The Bertz CT molecular complexity index is 372. The quantitative estimate of drug-likeness (QED) is 0.802. The van der Waals surface area contributed by atoms with Gasteiger partial charge in [-0.05, 0) is 19.4 Å². The molecular formula is C15H22N2. The molecule has 0 aromatic heterocycles. The first kappa shape index (κ1) is 12.3. The van der Waals surface area contributed by atoms with Crippen LogP contribution < -0.4 is 5.32 Å². The van der Waals surface area contributed by atoms with Crippen LogP contribution in [-0.2, 0) is 5.54 Å². The number of nitrogens with one attached hydrogen (secondary N) is 1. The number of benzene rings is 1. The maximum atomic E-state index is 3.65. The van der Waals surface area contributed by atoms with E-state index < -0.39 is 0 Å². The highest BCUT2D eigenvalue weighted by atomic mass is 15.2. The average Bonchev–Trinajstić information content (AvgIpc) is 2.38. The second kappa shape index (κ2) is 5.48. The van der Waals surface area contributed by atoms with E-state index in [1.165, 1.54) is 5.56 Å². The number of hydrogen-bond donors (Lipinski definition) is 1. The molecule has 1 saturated heterocycles. The molecule has 1 N–H and O–H groups in total. The van der Waals surface area contributed by atoms with E-state index in [1.807, 2.05) is 0 Å². The third-order valence-electron chi connectivity index (χ3n) is 3.49. The van der Waals surface area contributed by atoms with Gasteiger partial charge in [-0.25, -0.2) is 0 Å². The van der Waals surface area contributed by atoms with Gasteiger partial charge in [0.1, 0.15) is 0 Å². The minimum absolute atomic E-state index is 0.0844. The second-order valence-corrected chi connectivity index (χ2v) is 4.93. The summed E-state index contributed by atoms with van der Waals surface area (Å²) in [5, 5.41) is 3.65. The van der Waals surface area contributed by atoms with Gasteiger partial charge in [0, 0.05) is 26.2 Å². The number of piperazine rings is 1. The highest BCUT2D eigenvalue weighted by Crippen LogP contribution is 2.24. The first-order chi connectivity index (χ1) is 8.24. The minimum Gasteiger partial charge on any atom is -0.305 e. The van der Waals surface area contributed by atoms with Crippen LogP contribution in [0.2, 0.25) is 0 Å². The van der Waals surface area contributed by atoms with Gasteiger partial charge in [0.05, 0.1) is 5.54 Å². The van der Waals surface area contributed by atoms with Crippen LogP contribution in [0, 0.1) is 0 Å². The summed E-state index contributed by atoms with van der Waals surface area (Å²) in [5.41, 5.74) is 1.46. The topological polar surface area (TPSA) is 15.3 Å². The van der Waals surface area contributed by atoms with E-state index >= 15 is 0 Å². The molecule has 0 bridgehead atoms. The van der Waals surface area contributed by atoms with Crippen LogP contribution >= 0.6 is 0 Å². The Balaban J connectivity index is 2.10. The monoisotopic (exact) mass is 230 g/mol. The highest BCUT2D eigenvalue weighted by molar-refractivity contribution is 5.24. The molecule has 2 rings (SSSR count). The molecule has 92 valence electrons. The fourth-order valence-corrected chi connectivity index (χ4v) is 2.48. The van der Waals surface area contributed by atoms with Crippen molar-refractivity contribution in [1.82, 2.24) is 10.2 Å². The second-order valence-electron chi connectivity index (χ2n) is 4.93. The predicted molar refractivity (Wildman–Crippen MR) is 73.1 cm³/mol. The molecule has 0 amide bonds. The maximum Gasteiger partial charge on any atom is 0.0535 e. The van der Waals surface area contributed by atoms with Crippen molar-refractivity contribution in [3.8, 4) is 0 Å². The van der Waals surface area contributed by atoms with Gasteiger partial charge >= 0.3 is 0 Å². The van der Waals surface area contributed by atoms with Gasteiger partial charge < -0.3 is 5.32 Å². The molecule has 1 aromatic rings. The molecule has 2 heteroatoms. The third kappa shape index (κ3) is 2.96. The van der Waals surface area contributed by atoms with Crippen LogP contribution in [0.15, 0.2) is 42.5 Å². The Labute approximate surface area is 104 Å². The van der Waals surface area contributed by atoms with Crippen LogP contribution in [0.3, 0.4) is 0 Å². The van der Waals surface area contributed by atoms with Gasteiger partial charge in [0.25, 0.3) is 0 Å². The maximum absolute atomic E-state index is 3.65. The predicted octanol–water partition coefficient (Wildman–Crippen LogP) is 2.38. The Morgan fingerprint density at radius 3 is 2.82 bits per heavy atom. The summed E-state index contributed by atoms with van der Waals surface area (Å²) in [7, 11) is 0. The van der Waals surface area contributed by atoms with E-state index in [0.29, 0.717) is 0 Å². The summed E-state index contributed by atoms with van der Waals surface area (Å²) in [6.45, 7) is 8.69. The third-order valence-corrected chi connectivity index (χ3v) is 3.49. The number of rotatable bonds is 3. The lowest BCUT2D eigenvalue weighted by atomic mass is 9.89. The average molecular weight is 230 g/mol. The standard InChI is InChI=1S/C15H22N2/c1-3-4-11-17-12-10-16-15(2,13-17)14-8-6-5-7-9-14/h3-9,16H,10-13H2,1-2H3/b4-3+. The lowest BCUT2D eigenvalue weighted by Crippen LogP contribution is -2.56. The summed E-state index contributed by atoms with van der Waals surface area (Å²) >= 11 is 0. The van der Waals surface area contributed by atoms with Gasteiger partial charge in [-0.2, -0.15) is 0 Å². The van der Waals surface area contributed by atoms with Crippen molar-refractivity contribution in [3.05, 3.63) is 48.0 Å². The van der Waals surface area contributed by atoms with Crippen LogP contribution in [0.1, 0.15) is 19.4 Å². The van der Waals surface area contributed by atoms with E-state index in [4.69, 9.17) is 0 Å². The molecule has 1 atom stereocenters. The van der Waals surface area contributed by atoms with Crippen LogP contribution in [-0.4, -0.2) is 31.1 Å². The summed E-state index contributed by atoms with van der Waals surface area (Å²) < 4.78 is 0. The molecule has 0 aliphatic carbocycles. The Morgan fingerprint density at radius 2 is 2.12 bits per heavy atom. The largest absolute Gasteiger partial charge is 0.305 e. The van der Waals surface area contributed by atoms with E-state index in [-0.39, 0.29) is 5.54 Å². The fraction of sp³-hybridized carbons (Fsp3) is 0.467. The van der Waals surface area contributed by atoms with Crippen molar-refractivity contribution >= 4 is 0 Å². The Morgan fingerprint density at radius 1 is 1.35 bits per heavy atom. The number of hydrogen-bond acceptors (Lipinski definition) is 2. The zero-order valence-corrected chi connectivity index (χ0v) is 10.8. The first-order valence-corrected chi connectivity index (χ1v) is 6.39. The summed E-state index contributed by atoms with van der Waals surface area (Å²) in [5.74, 6) is 0. The number of nitrogens with zero attached hydrogens (tertiary/aromatic N) is 1. The van der Waals surface area contributed by atoms with Crippen LogP contribution in [0.4, 0.5) is 0 Å². The molecule has 17 heavy (non-hydrogen) atoms. The van der Waals surface area contributed by atoms with Crippen molar-refractivity contribution in [1.29, 1.82) is 0 Å². The van der Waals surface area contributed by atoms with Gasteiger partial charge in [-0.3, -0.25) is 4.90 Å². The van der Waals surface area contributed by atoms with Crippen LogP contribution in [0.25, 0.3) is 0 Å². The molecule has 1 fully saturated rings. The molecule has 0 radical (unpaired) electrons. The van der Waals surface area contributed by atoms with Crippen molar-refractivity contribution in [3.63, 3.8) is 0 Å². The summed E-state index contributed by atoms with van der Waals surface area (Å²) in [6, 6.07) is 10.7. The molecule has 0 spiro atoms. The summed E-state index contributed by atoms with van der Waals surface area (Å²) in [4.78, 5) is 2.50. The zero-order chi connectivity index (χ0) is 12.1. The van der Waals surface area contributed by atoms with E-state index in [2.05, 4.69) is 66.5 Å². The molecule has 0 saturated carbocycles. The van der Waals surface area contributed by atoms with E-state index in [0.717, 1.165) is 26.2 Å². The van der Waals surface area contributed by atoms with Crippen molar-refractivity contribution in [2.75, 3.05) is 26.2 Å². The van der Waals surface area contributed by atoms with Crippen molar-refractivity contribution in [2.24, 2.45) is 0 Å². The lowest BCUT2D eigenvalue weighted by molar-refractivity contribution is 0.156. The van der Waals surface area contributed by atoms with E-state index in [1.54, 1.807) is 0 Å². The molecule has 1 aliphatic heterocycles. The Kier molecular flexibility index (Phi) is 3.97. The molecular weight excluding hydrogens is 208 g/mol.